The maximum absolute atomic E-state index is 13.4. The van der Waals surface area contributed by atoms with Crippen molar-refractivity contribution in [3.05, 3.63) is 99.0 Å². The van der Waals surface area contributed by atoms with Crippen LogP contribution in [0.3, 0.4) is 0 Å². The Bertz CT molecular complexity index is 1410. The van der Waals surface area contributed by atoms with Gasteiger partial charge in [0.05, 0.1) is 22.3 Å². The maximum Gasteiger partial charge on any atom is 0.342 e. The van der Waals surface area contributed by atoms with Crippen LogP contribution in [0.1, 0.15) is 60.7 Å². The van der Waals surface area contributed by atoms with Crippen molar-refractivity contribution in [2.24, 2.45) is 0 Å². The molecule has 2 amide bonds. The van der Waals surface area contributed by atoms with Crippen molar-refractivity contribution < 1.29 is 19.1 Å². The van der Waals surface area contributed by atoms with E-state index < -0.39 is 23.5 Å². The van der Waals surface area contributed by atoms with Gasteiger partial charge in [-0.25, -0.2) is 4.79 Å². The van der Waals surface area contributed by atoms with Crippen LogP contribution in [0, 0.1) is 11.3 Å². The number of nitrogens with zero attached hydrogens (tertiary/aromatic N) is 1. The van der Waals surface area contributed by atoms with Crippen molar-refractivity contribution in [2.45, 2.75) is 51.7 Å². The van der Waals surface area contributed by atoms with Gasteiger partial charge in [0.25, 0.3) is 5.91 Å². The number of nitriles is 1. The van der Waals surface area contributed by atoms with Crippen LogP contribution in [0.25, 0.3) is 0 Å². The van der Waals surface area contributed by atoms with E-state index in [1.54, 1.807) is 36.4 Å². The first-order valence-electron chi connectivity index (χ1n) is 12.3. The molecule has 9 heteroatoms. The Morgan fingerprint density at radius 2 is 1.69 bits per heavy atom. The molecule has 0 spiro atoms. The second kappa shape index (κ2) is 12.8. The van der Waals surface area contributed by atoms with Crippen molar-refractivity contribution in [1.82, 2.24) is 5.32 Å². The minimum Gasteiger partial charge on any atom is -0.446 e. The third-order valence-electron chi connectivity index (χ3n) is 6.20. The standard InChI is InChI=1S/C30H29Cl2N3O4/c1-18(24(16-20-11-13-23(31)14-12-20)22-8-5-7-21(15-22)17-33)34-29(38)30(3,4)39-28(37)27-25(32)9-6-10-26(27)35-19(2)36/h5-15,18,24H,16H2,1-4H3,(H,34,38)(H,35,36)/t18-,24+/m0/s1. The number of hydrogen-bond acceptors (Lipinski definition) is 5. The summed E-state index contributed by atoms with van der Waals surface area (Å²) < 4.78 is 5.60. The smallest absolute Gasteiger partial charge is 0.342 e. The molecule has 0 unspecified atom stereocenters. The molecule has 0 aliphatic carbocycles. The zero-order valence-corrected chi connectivity index (χ0v) is 23.6. The van der Waals surface area contributed by atoms with Crippen molar-refractivity contribution in [3.63, 3.8) is 0 Å². The van der Waals surface area contributed by atoms with Gasteiger partial charge in [-0.1, -0.05) is 53.5 Å². The summed E-state index contributed by atoms with van der Waals surface area (Å²) in [5, 5.41) is 15.6. The van der Waals surface area contributed by atoms with Crippen LogP contribution in [0.4, 0.5) is 5.69 Å². The van der Waals surface area contributed by atoms with Crippen molar-refractivity contribution in [1.29, 1.82) is 5.26 Å². The Hall–Kier alpha value is -3.86. The minimum absolute atomic E-state index is 0.0442. The summed E-state index contributed by atoms with van der Waals surface area (Å²) in [5.41, 5.74) is 0.959. The predicted molar refractivity (Wildman–Crippen MR) is 152 cm³/mol. The SMILES string of the molecule is CC(=O)Nc1cccc(Cl)c1C(=O)OC(C)(C)C(=O)N[C@@H](C)[C@@H](Cc1ccc(Cl)cc1)c1cccc(C#N)c1. The van der Waals surface area contributed by atoms with Crippen LogP contribution < -0.4 is 10.6 Å². The lowest BCUT2D eigenvalue weighted by Gasteiger charge is -2.30. The van der Waals surface area contributed by atoms with E-state index >= 15 is 0 Å². The van der Waals surface area contributed by atoms with Gasteiger partial charge in [-0.15, -0.1) is 0 Å². The molecule has 0 fully saturated rings. The number of esters is 1. The molecular formula is C30H29Cl2N3O4. The van der Waals surface area contributed by atoms with Gasteiger partial charge in [0.15, 0.2) is 5.60 Å². The molecule has 2 atom stereocenters. The summed E-state index contributed by atoms with van der Waals surface area (Å²) in [7, 11) is 0. The van der Waals surface area contributed by atoms with E-state index in [9.17, 15) is 19.6 Å². The van der Waals surface area contributed by atoms with Crippen LogP contribution in [0.2, 0.25) is 10.0 Å². The lowest BCUT2D eigenvalue weighted by molar-refractivity contribution is -0.138. The quantitative estimate of drug-likeness (QED) is 0.296. The monoisotopic (exact) mass is 565 g/mol. The van der Waals surface area contributed by atoms with E-state index in [0.29, 0.717) is 17.0 Å². The normalized spacial score (nSPS) is 12.5. The number of nitrogens with one attached hydrogen (secondary N) is 2. The number of anilines is 1. The van der Waals surface area contributed by atoms with Crippen LogP contribution in [-0.4, -0.2) is 29.4 Å². The summed E-state index contributed by atoms with van der Waals surface area (Å²) in [5.74, 6) is -1.96. The molecule has 202 valence electrons. The molecule has 0 saturated heterocycles. The van der Waals surface area contributed by atoms with Gasteiger partial charge >= 0.3 is 5.97 Å². The lowest BCUT2D eigenvalue weighted by atomic mass is 9.85. The molecule has 0 aliphatic heterocycles. The molecule has 3 aromatic rings. The lowest BCUT2D eigenvalue weighted by Crippen LogP contribution is -2.50. The van der Waals surface area contributed by atoms with Gasteiger partial charge in [0.2, 0.25) is 5.91 Å². The molecule has 0 radical (unpaired) electrons. The Morgan fingerprint density at radius 3 is 2.33 bits per heavy atom. The van der Waals surface area contributed by atoms with Gasteiger partial charge in [-0.2, -0.15) is 5.26 Å². The van der Waals surface area contributed by atoms with Crippen molar-refractivity contribution in [3.8, 4) is 6.07 Å². The highest BCUT2D eigenvalue weighted by Crippen LogP contribution is 2.29. The fourth-order valence-corrected chi connectivity index (χ4v) is 4.51. The fourth-order valence-electron chi connectivity index (χ4n) is 4.13. The second-order valence-corrected chi connectivity index (χ2v) is 10.5. The summed E-state index contributed by atoms with van der Waals surface area (Å²) in [6.45, 7) is 6.12. The third-order valence-corrected chi connectivity index (χ3v) is 6.77. The first-order valence-corrected chi connectivity index (χ1v) is 13.0. The number of benzene rings is 3. The third kappa shape index (κ3) is 7.82. The van der Waals surface area contributed by atoms with Crippen LogP contribution >= 0.6 is 23.2 Å². The average molecular weight is 566 g/mol. The maximum atomic E-state index is 13.4. The molecule has 3 rings (SSSR count). The average Bonchev–Trinajstić information content (AvgIpc) is 2.87. The zero-order valence-electron chi connectivity index (χ0n) is 22.0. The van der Waals surface area contributed by atoms with Gasteiger partial charge in [0.1, 0.15) is 5.56 Å². The Labute approximate surface area is 238 Å². The fraction of sp³-hybridized carbons (Fsp3) is 0.267. The van der Waals surface area contributed by atoms with Crippen molar-refractivity contribution in [2.75, 3.05) is 5.32 Å². The summed E-state index contributed by atoms with van der Waals surface area (Å²) in [6, 6.07) is 21.0. The summed E-state index contributed by atoms with van der Waals surface area (Å²) in [4.78, 5) is 38.1. The number of hydrogen-bond donors (Lipinski definition) is 2. The van der Waals surface area contributed by atoms with Gasteiger partial charge in [-0.3, -0.25) is 9.59 Å². The molecule has 0 aliphatic rings. The Balaban J connectivity index is 1.83. The van der Waals surface area contributed by atoms with E-state index in [-0.39, 0.29) is 28.1 Å². The molecule has 0 heterocycles. The van der Waals surface area contributed by atoms with Gasteiger partial charge in [0, 0.05) is 23.9 Å². The van der Waals surface area contributed by atoms with E-state index in [0.717, 1.165) is 11.1 Å². The van der Waals surface area contributed by atoms with E-state index in [1.807, 2.05) is 25.1 Å². The molecule has 0 bridgehead atoms. The number of carbonyl (C=O) groups is 3. The number of rotatable bonds is 9. The predicted octanol–water partition coefficient (Wildman–Crippen LogP) is 6.29. The highest BCUT2D eigenvalue weighted by molar-refractivity contribution is 6.34. The van der Waals surface area contributed by atoms with Gasteiger partial charge in [-0.05, 0) is 74.7 Å². The molecule has 39 heavy (non-hydrogen) atoms. The van der Waals surface area contributed by atoms with Crippen LogP contribution in [0.15, 0.2) is 66.7 Å². The highest BCUT2D eigenvalue weighted by Gasteiger charge is 2.36. The first-order chi connectivity index (χ1) is 18.4. The largest absolute Gasteiger partial charge is 0.446 e. The van der Waals surface area contributed by atoms with Crippen LogP contribution in [-0.2, 0) is 20.7 Å². The summed E-state index contributed by atoms with van der Waals surface area (Å²) in [6.07, 6.45) is 0.563. The Kier molecular flexibility index (Phi) is 9.74. The van der Waals surface area contributed by atoms with Crippen molar-refractivity contribution >= 4 is 46.7 Å². The first kappa shape index (κ1) is 29.7. The van der Waals surface area contributed by atoms with Crippen LogP contribution in [0.5, 0.6) is 0 Å². The topological polar surface area (TPSA) is 108 Å². The second-order valence-electron chi connectivity index (χ2n) is 9.68. The highest BCUT2D eigenvalue weighted by atomic mass is 35.5. The number of ether oxygens (including phenoxy) is 1. The van der Waals surface area contributed by atoms with E-state index in [1.165, 1.54) is 32.9 Å². The van der Waals surface area contributed by atoms with E-state index in [2.05, 4.69) is 16.7 Å². The molecule has 3 aromatic carbocycles. The molecule has 0 saturated carbocycles. The minimum atomic E-state index is -1.57. The molecular weight excluding hydrogens is 537 g/mol. The van der Waals surface area contributed by atoms with Gasteiger partial charge < -0.3 is 15.4 Å². The zero-order chi connectivity index (χ0) is 28.7. The molecule has 2 N–H and O–H groups in total. The number of halogens is 2. The Morgan fingerprint density at radius 1 is 1.03 bits per heavy atom. The van der Waals surface area contributed by atoms with E-state index in [4.69, 9.17) is 27.9 Å². The number of amides is 2. The molecule has 0 aromatic heterocycles. The molecule has 7 nitrogen and oxygen atoms in total. The number of carbonyl (C=O) groups excluding carboxylic acids is 3. The summed E-state index contributed by atoms with van der Waals surface area (Å²) >= 11 is 12.3.